The number of benzene rings is 1. The van der Waals surface area contributed by atoms with Gasteiger partial charge in [-0.2, -0.15) is 0 Å². The van der Waals surface area contributed by atoms with E-state index < -0.39 is 0 Å². The van der Waals surface area contributed by atoms with Crippen molar-refractivity contribution in [2.45, 2.75) is 13.5 Å². The summed E-state index contributed by atoms with van der Waals surface area (Å²) in [5.74, 6) is 0.195. The summed E-state index contributed by atoms with van der Waals surface area (Å²) < 4.78 is 6.87. The molecule has 8 heteroatoms. The fourth-order valence-electron chi connectivity index (χ4n) is 3.22. The molecule has 2 aromatic rings. The zero-order valence-electron chi connectivity index (χ0n) is 16.1. The number of carbonyl (C=O) groups is 3. The lowest BCUT2D eigenvalue weighted by atomic mass is 10.2. The summed E-state index contributed by atoms with van der Waals surface area (Å²) in [6.07, 6.45) is 1.71. The van der Waals surface area contributed by atoms with Gasteiger partial charge in [-0.25, -0.2) is 0 Å². The van der Waals surface area contributed by atoms with Crippen molar-refractivity contribution < 1.29 is 19.1 Å². The van der Waals surface area contributed by atoms with Gasteiger partial charge in [0.15, 0.2) is 0 Å². The summed E-state index contributed by atoms with van der Waals surface area (Å²) in [6.45, 7) is 3.56. The Morgan fingerprint density at radius 1 is 1.00 bits per heavy atom. The second-order valence-electron chi connectivity index (χ2n) is 6.57. The van der Waals surface area contributed by atoms with Gasteiger partial charge in [-0.05, 0) is 24.3 Å². The van der Waals surface area contributed by atoms with E-state index in [1.54, 1.807) is 51.9 Å². The Bertz CT molecular complexity index is 869. The Morgan fingerprint density at radius 3 is 2.36 bits per heavy atom. The zero-order chi connectivity index (χ0) is 20.1. The number of para-hydroxylation sites is 2. The number of rotatable bonds is 5. The second-order valence-corrected chi connectivity index (χ2v) is 6.57. The van der Waals surface area contributed by atoms with Crippen molar-refractivity contribution in [2.24, 2.45) is 0 Å². The maximum Gasteiger partial charge on any atom is 0.270 e. The Labute approximate surface area is 163 Å². The van der Waals surface area contributed by atoms with Gasteiger partial charge in [0.25, 0.3) is 5.91 Å². The Hall–Kier alpha value is -3.29. The van der Waals surface area contributed by atoms with Crippen LogP contribution in [-0.4, -0.2) is 65.4 Å². The normalized spacial score (nSPS) is 13.9. The maximum absolute atomic E-state index is 12.8. The molecular formula is C20H24N4O4. The number of anilines is 1. The highest BCUT2D eigenvalue weighted by molar-refractivity contribution is 5.95. The molecule has 0 saturated carbocycles. The number of hydrogen-bond donors (Lipinski definition) is 1. The fourth-order valence-corrected chi connectivity index (χ4v) is 3.22. The van der Waals surface area contributed by atoms with Crippen LogP contribution in [0.25, 0.3) is 0 Å². The number of nitrogens with one attached hydrogen (secondary N) is 1. The van der Waals surface area contributed by atoms with Crippen molar-refractivity contribution in [3.8, 4) is 5.75 Å². The summed E-state index contributed by atoms with van der Waals surface area (Å²) in [7, 11) is 1.54. The molecule has 1 fully saturated rings. The fraction of sp³-hybridized carbons (Fsp3) is 0.350. The summed E-state index contributed by atoms with van der Waals surface area (Å²) in [4.78, 5) is 40.2. The Kier molecular flexibility index (Phi) is 5.98. The van der Waals surface area contributed by atoms with Crippen LogP contribution in [0.5, 0.6) is 5.75 Å². The number of ether oxygens (including phenoxy) is 1. The SMILES string of the molecule is COc1ccccc1NC(=O)Cn1cccc1C(=O)N1CCN(C(C)=O)CC1. The molecule has 1 aromatic carbocycles. The molecule has 0 aliphatic carbocycles. The number of carbonyl (C=O) groups excluding carboxylic acids is 3. The maximum atomic E-state index is 12.8. The van der Waals surface area contributed by atoms with Crippen molar-refractivity contribution in [3.63, 3.8) is 0 Å². The van der Waals surface area contributed by atoms with Gasteiger partial charge in [-0.3, -0.25) is 14.4 Å². The van der Waals surface area contributed by atoms with E-state index in [2.05, 4.69) is 5.32 Å². The van der Waals surface area contributed by atoms with Gasteiger partial charge in [-0.1, -0.05) is 12.1 Å². The molecule has 0 radical (unpaired) electrons. The lowest BCUT2D eigenvalue weighted by Crippen LogP contribution is -2.50. The molecule has 1 aliphatic heterocycles. The topological polar surface area (TPSA) is 83.9 Å². The highest BCUT2D eigenvalue weighted by Crippen LogP contribution is 2.23. The minimum atomic E-state index is -0.254. The minimum absolute atomic E-state index is 0.0134. The summed E-state index contributed by atoms with van der Waals surface area (Å²) in [5, 5.41) is 2.81. The first-order valence-corrected chi connectivity index (χ1v) is 9.12. The largest absolute Gasteiger partial charge is 0.495 e. The van der Waals surface area contributed by atoms with E-state index >= 15 is 0 Å². The molecule has 0 spiro atoms. The zero-order valence-corrected chi connectivity index (χ0v) is 16.1. The molecule has 1 aromatic heterocycles. The molecule has 1 saturated heterocycles. The summed E-state index contributed by atoms with van der Waals surface area (Å²) in [5.41, 5.74) is 1.03. The molecule has 3 rings (SSSR count). The van der Waals surface area contributed by atoms with Crippen molar-refractivity contribution >= 4 is 23.4 Å². The summed E-state index contributed by atoms with van der Waals surface area (Å²) >= 11 is 0. The Balaban J connectivity index is 1.64. The van der Waals surface area contributed by atoms with Crippen LogP contribution >= 0.6 is 0 Å². The first-order valence-electron chi connectivity index (χ1n) is 9.12. The molecule has 1 aliphatic rings. The van der Waals surface area contributed by atoms with Crippen molar-refractivity contribution in [2.75, 3.05) is 38.6 Å². The van der Waals surface area contributed by atoms with E-state index in [0.29, 0.717) is 43.3 Å². The van der Waals surface area contributed by atoms with Gasteiger partial charge in [0.05, 0.1) is 12.8 Å². The monoisotopic (exact) mass is 384 g/mol. The predicted octanol–water partition coefficient (Wildman–Crippen LogP) is 1.44. The summed E-state index contributed by atoms with van der Waals surface area (Å²) in [6, 6.07) is 10.6. The van der Waals surface area contributed by atoms with E-state index in [0.717, 1.165) is 0 Å². The van der Waals surface area contributed by atoms with Gasteiger partial charge in [-0.15, -0.1) is 0 Å². The molecule has 0 unspecified atom stereocenters. The van der Waals surface area contributed by atoms with Gasteiger partial charge in [0.2, 0.25) is 11.8 Å². The third kappa shape index (κ3) is 4.33. The van der Waals surface area contributed by atoms with Crippen LogP contribution in [0.4, 0.5) is 5.69 Å². The van der Waals surface area contributed by atoms with E-state index in [-0.39, 0.29) is 24.3 Å². The molecule has 0 atom stereocenters. The number of aromatic nitrogens is 1. The number of hydrogen-bond acceptors (Lipinski definition) is 4. The number of amides is 3. The van der Waals surface area contributed by atoms with E-state index in [4.69, 9.17) is 4.74 Å². The standard InChI is InChI=1S/C20H24N4O4/c1-15(25)22-10-12-23(13-11-22)20(27)17-7-5-9-24(17)14-19(26)21-16-6-3-4-8-18(16)28-2/h3-9H,10-14H2,1-2H3,(H,21,26). The molecule has 28 heavy (non-hydrogen) atoms. The van der Waals surface area contributed by atoms with Gasteiger partial charge in [0.1, 0.15) is 18.0 Å². The average molecular weight is 384 g/mol. The quantitative estimate of drug-likeness (QED) is 0.846. The van der Waals surface area contributed by atoms with Crippen LogP contribution in [0.1, 0.15) is 17.4 Å². The first-order chi connectivity index (χ1) is 13.5. The minimum Gasteiger partial charge on any atom is -0.495 e. The van der Waals surface area contributed by atoms with Crippen molar-refractivity contribution in [1.82, 2.24) is 14.4 Å². The third-order valence-electron chi connectivity index (χ3n) is 4.76. The highest BCUT2D eigenvalue weighted by atomic mass is 16.5. The van der Waals surface area contributed by atoms with E-state index in [9.17, 15) is 14.4 Å². The lowest BCUT2D eigenvalue weighted by Gasteiger charge is -2.34. The second kappa shape index (κ2) is 8.60. The molecular weight excluding hydrogens is 360 g/mol. The molecule has 3 amide bonds. The smallest absolute Gasteiger partial charge is 0.270 e. The van der Waals surface area contributed by atoms with E-state index in [1.165, 1.54) is 6.92 Å². The van der Waals surface area contributed by atoms with Crippen LogP contribution < -0.4 is 10.1 Å². The van der Waals surface area contributed by atoms with Crippen LogP contribution in [0.2, 0.25) is 0 Å². The molecule has 1 N–H and O–H groups in total. The lowest BCUT2D eigenvalue weighted by molar-refractivity contribution is -0.130. The van der Waals surface area contributed by atoms with Crippen LogP contribution in [0.3, 0.4) is 0 Å². The average Bonchev–Trinajstić information content (AvgIpc) is 3.15. The van der Waals surface area contributed by atoms with Crippen molar-refractivity contribution in [3.05, 3.63) is 48.3 Å². The van der Waals surface area contributed by atoms with Crippen LogP contribution in [-0.2, 0) is 16.1 Å². The van der Waals surface area contributed by atoms with Crippen LogP contribution in [0, 0.1) is 0 Å². The molecule has 148 valence electrons. The Morgan fingerprint density at radius 2 is 1.68 bits per heavy atom. The van der Waals surface area contributed by atoms with E-state index in [1.807, 2.05) is 12.1 Å². The van der Waals surface area contributed by atoms with Gasteiger partial charge >= 0.3 is 0 Å². The van der Waals surface area contributed by atoms with Gasteiger partial charge in [0, 0.05) is 39.3 Å². The molecule has 2 heterocycles. The predicted molar refractivity (Wildman–Crippen MR) is 104 cm³/mol. The van der Waals surface area contributed by atoms with Crippen LogP contribution in [0.15, 0.2) is 42.6 Å². The first kappa shape index (κ1) is 19.5. The number of methoxy groups -OCH3 is 1. The molecule has 8 nitrogen and oxygen atoms in total. The molecule has 0 bridgehead atoms. The van der Waals surface area contributed by atoms with Crippen molar-refractivity contribution in [1.29, 1.82) is 0 Å². The number of nitrogens with zero attached hydrogens (tertiary/aromatic N) is 3. The third-order valence-corrected chi connectivity index (χ3v) is 4.76. The van der Waals surface area contributed by atoms with Gasteiger partial charge < -0.3 is 24.4 Å². The number of piperazine rings is 1. The highest BCUT2D eigenvalue weighted by Gasteiger charge is 2.25.